The molecule has 1 atom stereocenters. The summed E-state index contributed by atoms with van der Waals surface area (Å²) in [6, 6.07) is 3.25. The van der Waals surface area contributed by atoms with Crippen LogP contribution in [-0.2, 0) is 20.5 Å². The third-order valence-electron chi connectivity index (χ3n) is 6.83. The first kappa shape index (κ1) is 28.8. The maximum absolute atomic E-state index is 13.1. The van der Waals surface area contributed by atoms with Gasteiger partial charge >= 0.3 is 15.2 Å². The van der Waals surface area contributed by atoms with E-state index in [-0.39, 0.29) is 12.1 Å². The van der Waals surface area contributed by atoms with Crippen molar-refractivity contribution in [2.45, 2.75) is 32.7 Å². The van der Waals surface area contributed by atoms with Gasteiger partial charge in [-0.25, -0.2) is 14.6 Å². The number of fused-ring (bicyclic) bond motifs is 1. The van der Waals surface area contributed by atoms with Crippen LogP contribution in [0.5, 0.6) is 0 Å². The number of amides is 1. The summed E-state index contributed by atoms with van der Waals surface area (Å²) in [5.74, 6) is 0.297. The van der Waals surface area contributed by atoms with Crippen LogP contribution < -0.4 is 21.7 Å². The van der Waals surface area contributed by atoms with Crippen LogP contribution in [0.15, 0.2) is 60.5 Å². The molecule has 0 saturated heterocycles. The van der Waals surface area contributed by atoms with Crippen molar-refractivity contribution >= 4 is 59.8 Å². The van der Waals surface area contributed by atoms with E-state index in [0.717, 1.165) is 24.1 Å². The van der Waals surface area contributed by atoms with Crippen molar-refractivity contribution in [2.24, 2.45) is 5.92 Å². The summed E-state index contributed by atoms with van der Waals surface area (Å²) >= 11 is 0. The second-order valence-electron chi connectivity index (χ2n) is 9.88. The molecule has 13 nitrogen and oxygen atoms in total. The normalized spacial score (nSPS) is 17.7. The van der Waals surface area contributed by atoms with Gasteiger partial charge in [0.05, 0.1) is 21.7 Å². The highest BCUT2D eigenvalue weighted by atomic mass is 31.2. The molecule has 2 aliphatic rings. The molecule has 0 spiro atoms. The van der Waals surface area contributed by atoms with Gasteiger partial charge in [0.1, 0.15) is 17.8 Å². The fourth-order valence-corrected chi connectivity index (χ4v) is 6.85. The Bertz CT molecular complexity index is 1780. The predicted molar refractivity (Wildman–Crippen MR) is 154 cm³/mol. The van der Waals surface area contributed by atoms with Crippen LogP contribution in [0.25, 0.3) is 22.3 Å². The third kappa shape index (κ3) is 6.01. The van der Waals surface area contributed by atoms with E-state index in [1.54, 1.807) is 10.8 Å². The number of aromatic nitrogens is 4. The van der Waals surface area contributed by atoms with Gasteiger partial charge < -0.3 is 30.6 Å². The number of hydrogen-bond acceptors (Lipinski definition) is 7. The monoisotopic (exact) mass is 598 g/mol. The fourth-order valence-electron chi connectivity index (χ4n) is 4.73. The number of nitrogens with one attached hydrogen (secondary N) is 1. The zero-order valence-corrected chi connectivity index (χ0v) is 23.7. The maximum Gasteiger partial charge on any atom is 0.357 e. The van der Waals surface area contributed by atoms with E-state index in [2.05, 4.69) is 34.4 Å². The zero-order valence-electron chi connectivity index (χ0n) is 21.9. The molecule has 2 aromatic heterocycles. The Kier molecular flexibility index (Phi) is 7.69. The summed E-state index contributed by atoms with van der Waals surface area (Å²) in [6.45, 7) is 2.00. The van der Waals surface area contributed by atoms with Gasteiger partial charge in [0.15, 0.2) is 5.65 Å². The Morgan fingerprint density at radius 2 is 1.88 bits per heavy atom. The average Bonchev–Trinajstić information content (AvgIpc) is 3.32. The topological polar surface area (TPSA) is 214 Å². The number of nitrogen functional groups attached to an aromatic ring is 1. The molecule has 0 aliphatic heterocycles. The van der Waals surface area contributed by atoms with E-state index in [0.29, 0.717) is 52.6 Å². The number of nitrogens with two attached hydrogens (primary N) is 1. The van der Waals surface area contributed by atoms with Gasteiger partial charge in [-0.15, -0.1) is 0 Å². The Morgan fingerprint density at radius 1 is 1.12 bits per heavy atom. The highest BCUT2D eigenvalue weighted by Gasteiger charge is 2.31. The van der Waals surface area contributed by atoms with Crippen molar-refractivity contribution in [3.8, 4) is 0 Å². The summed E-state index contributed by atoms with van der Waals surface area (Å²) in [4.78, 5) is 59.7. The van der Waals surface area contributed by atoms with Crippen LogP contribution in [0.2, 0.25) is 0 Å². The van der Waals surface area contributed by atoms with Gasteiger partial charge in [-0.05, 0) is 54.5 Å². The molecule has 2 heterocycles. The summed E-state index contributed by atoms with van der Waals surface area (Å²) in [6.07, 6.45) is 13.0. The minimum atomic E-state index is -4.99. The number of nitrogens with zero attached hydrogens (tertiary/aromatic N) is 4. The minimum absolute atomic E-state index is 0.124. The van der Waals surface area contributed by atoms with Crippen LogP contribution in [0.1, 0.15) is 37.4 Å². The highest BCUT2D eigenvalue weighted by molar-refractivity contribution is 7.67. The molecule has 1 amide bonds. The molecule has 15 heteroatoms. The van der Waals surface area contributed by atoms with Crippen LogP contribution in [0, 0.1) is 5.92 Å². The summed E-state index contributed by atoms with van der Waals surface area (Å²) in [7, 11) is -9.92. The number of carbonyl (C=O) groups is 1. The van der Waals surface area contributed by atoms with Crippen molar-refractivity contribution in [1.29, 1.82) is 0 Å². The molecule has 0 saturated carbocycles. The van der Waals surface area contributed by atoms with E-state index in [1.165, 1.54) is 12.4 Å². The lowest BCUT2D eigenvalue weighted by atomic mass is 9.96. The van der Waals surface area contributed by atoms with Crippen molar-refractivity contribution in [3.05, 3.63) is 71.7 Å². The zero-order chi connectivity index (χ0) is 29.5. The third-order valence-corrected chi connectivity index (χ3v) is 9.02. The number of rotatable bonds is 7. The molecule has 5 rings (SSSR count). The summed E-state index contributed by atoms with van der Waals surface area (Å²) in [5, 5.41) is 6.59. The first-order valence-corrected chi connectivity index (χ1v) is 15.9. The lowest BCUT2D eigenvalue weighted by molar-refractivity contribution is -0.117. The quantitative estimate of drug-likeness (QED) is 0.216. The molecular formula is C26H28N6O7P2. The van der Waals surface area contributed by atoms with E-state index in [9.17, 15) is 33.5 Å². The second kappa shape index (κ2) is 10.9. The van der Waals surface area contributed by atoms with E-state index in [1.807, 2.05) is 12.2 Å². The Balaban J connectivity index is 1.41. The van der Waals surface area contributed by atoms with E-state index >= 15 is 0 Å². The fraction of sp³-hybridized carbons (Fsp3) is 0.231. The summed E-state index contributed by atoms with van der Waals surface area (Å²) < 4.78 is 25.2. The molecule has 1 unspecified atom stereocenters. The van der Waals surface area contributed by atoms with Crippen LogP contribution >= 0.6 is 15.2 Å². The number of benzene rings is 1. The van der Waals surface area contributed by atoms with Crippen LogP contribution in [-0.4, -0.2) is 45.2 Å². The molecule has 0 bridgehead atoms. The van der Waals surface area contributed by atoms with E-state index < -0.39 is 31.7 Å². The molecule has 0 radical (unpaired) electrons. The number of anilines is 1. The number of allylic oxidation sites excluding steroid dienone is 7. The average molecular weight is 598 g/mol. The van der Waals surface area contributed by atoms with Gasteiger partial charge in [-0.1, -0.05) is 37.3 Å². The van der Waals surface area contributed by atoms with Gasteiger partial charge in [0.2, 0.25) is 5.91 Å². The van der Waals surface area contributed by atoms with Crippen molar-refractivity contribution in [2.75, 3.05) is 5.73 Å². The van der Waals surface area contributed by atoms with Crippen molar-refractivity contribution in [1.82, 2.24) is 25.1 Å². The van der Waals surface area contributed by atoms with Gasteiger partial charge in [-0.2, -0.15) is 5.10 Å². The molecule has 2 aliphatic carbocycles. The lowest BCUT2D eigenvalue weighted by Crippen LogP contribution is -2.29. The van der Waals surface area contributed by atoms with Gasteiger partial charge in [-0.3, -0.25) is 13.9 Å². The highest BCUT2D eigenvalue weighted by Crippen LogP contribution is 2.40. The number of carbonyl (C=O) groups excluding carboxylic acids is 1. The SMILES string of the molecule is CC1C=CC(c2nn(C3=CCCC(C(=O)NCc4ccc(P(=O)(O)O)c(P(=O)(O)O)c4)=C3)c3ncnc(N)c23)=CC1. The Morgan fingerprint density at radius 3 is 2.56 bits per heavy atom. The van der Waals surface area contributed by atoms with Gasteiger partial charge in [0, 0.05) is 12.1 Å². The predicted octanol–water partition coefficient (Wildman–Crippen LogP) is 1.87. The van der Waals surface area contributed by atoms with Crippen LogP contribution in [0.3, 0.4) is 0 Å². The first-order chi connectivity index (χ1) is 19.3. The molecule has 7 N–H and O–H groups in total. The summed E-state index contributed by atoms with van der Waals surface area (Å²) in [5.41, 5.74) is 9.62. The molecule has 0 fully saturated rings. The second-order valence-corrected chi connectivity index (χ2v) is 13.0. The molecular weight excluding hydrogens is 570 g/mol. The van der Waals surface area contributed by atoms with Gasteiger partial charge in [0.25, 0.3) is 0 Å². The Labute approximate surface area is 234 Å². The molecule has 214 valence electrons. The van der Waals surface area contributed by atoms with Crippen LogP contribution in [0.4, 0.5) is 5.82 Å². The lowest BCUT2D eigenvalue weighted by Gasteiger charge is -2.16. The number of hydrogen-bond donors (Lipinski definition) is 6. The van der Waals surface area contributed by atoms with Crippen molar-refractivity contribution in [3.63, 3.8) is 0 Å². The Hall–Kier alpha value is -3.70. The molecule has 3 aromatic rings. The smallest absolute Gasteiger partial charge is 0.357 e. The standard InChI is InChI=1S/C26H28N6O7P2/c1-15-5-8-17(9-6-15)23-22-24(27)29-14-30-25(22)32(31-23)19-4-2-3-18(12-19)26(33)28-13-16-7-10-20(40(34,35)36)21(11-16)41(37,38)39/h4-5,7-12,14-15H,2-3,6,13H2,1H3,(H,28,33)(H2,27,29,30)(H2,34,35,36)(H2,37,38,39). The maximum atomic E-state index is 13.1. The largest absolute Gasteiger partial charge is 0.383 e. The minimum Gasteiger partial charge on any atom is -0.383 e. The van der Waals surface area contributed by atoms with Crippen molar-refractivity contribution < 1.29 is 33.5 Å². The first-order valence-electron chi connectivity index (χ1n) is 12.7. The molecule has 1 aromatic carbocycles. The van der Waals surface area contributed by atoms with E-state index in [4.69, 9.17) is 10.8 Å². The molecule has 41 heavy (non-hydrogen) atoms.